The Bertz CT molecular complexity index is 2450. The van der Waals surface area contributed by atoms with Gasteiger partial charge in [0.05, 0.1) is 49.2 Å². The van der Waals surface area contributed by atoms with Crippen molar-refractivity contribution in [1.82, 2.24) is 30.6 Å². The topological polar surface area (TPSA) is 160 Å². The summed E-state index contributed by atoms with van der Waals surface area (Å²) in [4.78, 5) is 55.3. The van der Waals surface area contributed by atoms with E-state index in [1.165, 1.54) is 0 Å². The van der Waals surface area contributed by atoms with Crippen molar-refractivity contribution in [2.24, 2.45) is 0 Å². The summed E-state index contributed by atoms with van der Waals surface area (Å²) in [7, 11) is 0. The second-order valence-electron chi connectivity index (χ2n) is 16.2. The second kappa shape index (κ2) is 21.0. The number of amides is 2. The summed E-state index contributed by atoms with van der Waals surface area (Å²) in [5.74, 6) is 1.96. The fourth-order valence-corrected chi connectivity index (χ4v) is 7.37. The maximum Gasteiger partial charge on any atom is 0.306 e. The summed E-state index contributed by atoms with van der Waals surface area (Å²) in [6.45, 7) is 24.2. The lowest BCUT2D eigenvalue weighted by molar-refractivity contribution is -0.154. The number of esters is 1. The standard InChI is InChI=1S/C49H60N6O6/c1-11-14-15-46(56)50-20-22-59-24-25-60-23-21-51-47(57)18-16-36-32(6)41-28-43-35(13-3)31(5)40(53-43)27-42-34(12-2)30(4)38(52-42)26-39-33(7)37(45(54-39)29-44(36)55-41)17-19-48(58)61-49(8,9)10/h1,12-13,26-29,52-53H,2-3,14-25H2,4-10H3,(H,50,56)(H,51,57). The van der Waals surface area contributed by atoms with Crippen molar-refractivity contribution in [1.29, 1.82) is 0 Å². The van der Waals surface area contributed by atoms with Gasteiger partial charge in [-0.1, -0.05) is 25.3 Å². The molecule has 8 bridgehead atoms. The van der Waals surface area contributed by atoms with Crippen LogP contribution in [0.25, 0.3) is 56.5 Å². The van der Waals surface area contributed by atoms with E-state index >= 15 is 0 Å². The molecule has 0 saturated heterocycles. The number of terminal acetylenes is 1. The number of nitrogens with one attached hydrogen (secondary N) is 4. The van der Waals surface area contributed by atoms with Gasteiger partial charge in [-0.15, -0.1) is 12.3 Å². The first-order valence-corrected chi connectivity index (χ1v) is 20.9. The molecule has 2 aliphatic rings. The van der Waals surface area contributed by atoms with Crippen molar-refractivity contribution in [2.75, 3.05) is 39.5 Å². The number of aromatic nitrogens is 4. The van der Waals surface area contributed by atoms with Crippen LogP contribution in [0.3, 0.4) is 0 Å². The van der Waals surface area contributed by atoms with E-state index in [1.807, 2.05) is 58.9 Å². The number of hydrogen-bond donors (Lipinski definition) is 4. The summed E-state index contributed by atoms with van der Waals surface area (Å²) in [6.07, 6.45) is 10.9. The van der Waals surface area contributed by atoms with E-state index in [1.54, 1.807) is 0 Å². The Hall–Kier alpha value is -6.03. The maximum atomic E-state index is 13.2. The highest BCUT2D eigenvalue weighted by Gasteiger charge is 2.24. The van der Waals surface area contributed by atoms with Gasteiger partial charge >= 0.3 is 5.97 Å². The van der Waals surface area contributed by atoms with Gasteiger partial charge in [-0.05, 0) is 119 Å². The van der Waals surface area contributed by atoms with Gasteiger partial charge in [0.25, 0.3) is 0 Å². The summed E-state index contributed by atoms with van der Waals surface area (Å²) in [5.41, 5.74) is 13.8. The van der Waals surface area contributed by atoms with Gasteiger partial charge in [-0.25, -0.2) is 9.97 Å². The molecule has 0 fully saturated rings. The molecule has 0 unspecified atom stereocenters. The Morgan fingerprint density at radius 1 is 0.689 bits per heavy atom. The van der Waals surface area contributed by atoms with E-state index in [9.17, 15) is 14.4 Å². The van der Waals surface area contributed by atoms with Gasteiger partial charge in [0.2, 0.25) is 11.8 Å². The molecule has 12 heteroatoms. The van der Waals surface area contributed by atoms with Gasteiger partial charge in [-0.2, -0.15) is 0 Å². The van der Waals surface area contributed by atoms with Crippen LogP contribution in [0.1, 0.15) is 118 Å². The van der Waals surface area contributed by atoms with Crippen LogP contribution in [0.15, 0.2) is 37.4 Å². The lowest BCUT2D eigenvalue weighted by Gasteiger charge is -2.19. The zero-order valence-corrected chi connectivity index (χ0v) is 36.8. The highest BCUT2D eigenvalue weighted by Crippen LogP contribution is 2.38. The van der Waals surface area contributed by atoms with Crippen LogP contribution in [0, 0.1) is 26.2 Å². The van der Waals surface area contributed by atoms with Crippen LogP contribution in [0.4, 0.5) is 0 Å². The van der Waals surface area contributed by atoms with Crippen molar-refractivity contribution < 1.29 is 28.6 Å². The number of fused-ring (bicyclic) bond motifs is 8. The largest absolute Gasteiger partial charge is 0.460 e. The minimum Gasteiger partial charge on any atom is -0.460 e. The number of carbonyl (C=O) groups excluding carboxylic acids is 3. The molecule has 12 nitrogen and oxygen atoms in total. The number of rotatable bonds is 19. The molecule has 0 atom stereocenters. The lowest BCUT2D eigenvalue weighted by Crippen LogP contribution is -2.28. The van der Waals surface area contributed by atoms with Crippen LogP contribution in [0.2, 0.25) is 0 Å². The second-order valence-corrected chi connectivity index (χ2v) is 16.2. The Morgan fingerprint density at radius 3 is 1.67 bits per heavy atom. The first-order valence-electron chi connectivity index (χ1n) is 20.9. The molecular weight excluding hydrogens is 769 g/mol. The van der Waals surface area contributed by atoms with Gasteiger partial charge in [-0.3, -0.25) is 14.4 Å². The predicted octanol–water partition coefficient (Wildman–Crippen LogP) is 8.66. The number of nitrogens with zero attached hydrogens (tertiary/aromatic N) is 2. The summed E-state index contributed by atoms with van der Waals surface area (Å²) >= 11 is 0. The predicted molar refractivity (Wildman–Crippen MR) is 246 cm³/mol. The van der Waals surface area contributed by atoms with Crippen LogP contribution in [-0.2, 0) is 28.6 Å². The highest BCUT2D eigenvalue weighted by atomic mass is 16.6. The number of aromatic amines is 2. The van der Waals surface area contributed by atoms with E-state index < -0.39 is 5.60 Å². The van der Waals surface area contributed by atoms with E-state index in [-0.39, 0.29) is 30.6 Å². The molecule has 5 rings (SSSR count). The van der Waals surface area contributed by atoms with E-state index in [0.717, 1.165) is 78.0 Å². The van der Waals surface area contributed by atoms with Gasteiger partial charge in [0.15, 0.2) is 0 Å². The van der Waals surface area contributed by atoms with Gasteiger partial charge in [0.1, 0.15) is 5.60 Å². The molecule has 322 valence electrons. The zero-order chi connectivity index (χ0) is 44.3. The van der Waals surface area contributed by atoms with Crippen molar-refractivity contribution in [3.8, 4) is 12.3 Å². The van der Waals surface area contributed by atoms with Crippen molar-refractivity contribution >= 4 is 74.3 Å². The minimum absolute atomic E-state index is 0.0965. The summed E-state index contributed by atoms with van der Waals surface area (Å²) in [6, 6.07) is 8.16. The first kappa shape index (κ1) is 46.0. The van der Waals surface area contributed by atoms with Gasteiger partial charge < -0.3 is 34.8 Å². The Balaban J connectivity index is 1.42. The van der Waals surface area contributed by atoms with Crippen LogP contribution >= 0.6 is 0 Å². The molecule has 5 heterocycles. The molecule has 2 aliphatic heterocycles. The lowest BCUT2D eigenvalue weighted by atomic mass is 9.98. The zero-order valence-electron chi connectivity index (χ0n) is 36.8. The molecule has 0 spiro atoms. The van der Waals surface area contributed by atoms with Crippen LogP contribution < -0.4 is 10.6 Å². The molecule has 2 amide bonds. The van der Waals surface area contributed by atoms with E-state index in [2.05, 4.69) is 65.7 Å². The SMILES string of the molecule is C#CCCC(=O)NCCOCCOCCNC(=O)CCC1=C(C)c2cc3[nH]c(cc4[nH]c(cc5nc(cc1n2)C(CCC(=O)OC(C)(C)C)=C5C)c(C)c4C=C)c(C)c3C=C. The molecule has 61 heavy (non-hydrogen) atoms. The third kappa shape index (κ3) is 12.1. The summed E-state index contributed by atoms with van der Waals surface area (Å²) < 4.78 is 16.8. The average Bonchev–Trinajstić information content (AvgIpc) is 3.87. The third-order valence-electron chi connectivity index (χ3n) is 10.6. The minimum atomic E-state index is -0.599. The third-order valence-corrected chi connectivity index (χ3v) is 10.6. The molecule has 0 saturated carbocycles. The number of hydrogen-bond acceptors (Lipinski definition) is 8. The van der Waals surface area contributed by atoms with Crippen molar-refractivity contribution in [2.45, 2.75) is 92.6 Å². The summed E-state index contributed by atoms with van der Waals surface area (Å²) in [5, 5.41) is 5.71. The van der Waals surface area contributed by atoms with E-state index in [0.29, 0.717) is 76.6 Å². The Labute approximate surface area is 359 Å². The number of allylic oxidation sites excluding steroid dienone is 4. The van der Waals surface area contributed by atoms with E-state index in [4.69, 9.17) is 30.6 Å². The normalized spacial score (nSPS) is 12.6. The molecule has 0 radical (unpaired) electrons. The van der Waals surface area contributed by atoms with Crippen LogP contribution in [-0.4, -0.2) is 82.8 Å². The fraction of sp³-hybridized carbons (Fsp3) is 0.408. The van der Waals surface area contributed by atoms with Crippen molar-refractivity contribution in [3.05, 3.63) is 82.5 Å². The highest BCUT2D eigenvalue weighted by molar-refractivity contribution is 5.97. The number of aryl methyl sites for hydroxylation is 2. The average molecular weight is 829 g/mol. The molecule has 0 aromatic carbocycles. The molecule has 4 N–H and O–H groups in total. The quantitative estimate of drug-likeness (QED) is 0.0531. The number of carbonyl (C=O) groups is 3. The number of H-pyrrole nitrogens is 2. The Kier molecular flexibility index (Phi) is 15.8. The monoisotopic (exact) mass is 828 g/mol. The molecule has 0 aliphatic carbocycles. The smallest absolute Gasteiger partial charge is 0.306 e. The van der Waals surface area contributed by atoms with Crippen LogP contribution in [0.5, 0.6) is 0 Å². The first-order chi connectivity index (χ1) is 29.1. The molecular formula is C49H60N6O6. The molecule has 3 aromatic heterocycles. The van der Waals surface area contributed by atoms with Gasteiger partial charge in [0, 0.05) is 72.0 Å². The Morgan fingerprint density at radius 2 is 1.16 bits per heavy atom. The molecule has 3 aromatic rings. The fourth-order valence-electron chi connectivity index (χ4n) is 7.37. The number of ether oxygens (including phenoxy) is 3. The maximum absolute atomic E-state index is 13.2. The van der Waals surface area contributed by atoms with Crippen molar-refractivity contribution in [3.63, 3.8) is 0 Å².